The highest BCUT2D eigenvalue weighted by atomic mass is 32.2. The van der Waals surface area contributed by atoms with Gasteiger partial charge >= 0.3 is 6.85 Å². The van der Waals surface area contributed by atoms with Crippen LogP contribution in [0.25, 0.3) is 42.4 Å². The van der Waals surface area contributed by atoms with E-state index in [0.29, 0.717) is 0 Å². The zero-order chi connectivity index (χ0) is 36.5. The minimum absolute atomic E-state index is 0.0167. The fourth-order valence-electron chi connectivity index (χ4n) is 9.76. The summed E-state index contributed by atoms with van der Waals surface area (Å²) in [6, 6.07) is 38.8. The van der Waals surface area contributed by atoms with Gasteiger partial charge < -0.3 is 4.81 Å². The number of anilines is 2. The Kier molecular flexibility index (Phi) is 6.28. The number of benzene rings is 6. The van der Waals surface area contributed by atoms with Gasteiger partial charge in [0, 0.05) is 52.5 Å². The van der Waals surface area contributed by atoms with Crippen LogP contribution in [0.4, 0.5) is 11.4 Å². The molecule has 0 spiro atoms. The van der Waals surface area contributed by atoms with Crippen molar-refractivity contribution in [1.82, 2.24) is 0 Å². The second-order valence-corrected chi connectivity index (χ2v) is 21.1. The van der Waals surface area contributed by atoms with E-state index in [2.05, 4.69) is 164 Å². The minimum atomic E-state index is -0.0167. The topological polar surface area (TPSA) is 3.24 Å². The maximum atomic E-state index is 2.82. The minimum Gasteiger partial charge on any atom is -0.377 e. The Morgan fingerprint density at radius 3 is 1.92 bits per heavy atom. The van der Waals surface area contributed by atoms with E-state index in [9.17, 15) is 0 Å². The molecule has 258 valence electrons. The summed E-state index contributed by atoms with van der Waals surface area (Å²) in [5.74, 6) is 0. The van der Waals surface area contributed by atoms with Gasteiger partial charge in [-0.1, -0.05) is 152 Å². The molecule has 11 rings (SSSR count). The third-order valence-electron chi connectivity index (χ3n) is 12.6. The van der Waals surface area contributed by atoms with E-state index in [1.165, 1.54) is 108 Å². The Balaban J connectivity index is 1.34. The summed E-state index contributed by atoms with van der Waals surface area (Å²) in [4.78, 5) is 5.61. The SMILES string of the molecule is CC(C)(C)c1ccc2c(c1)B1c3cc(C(C)(C)C)cc4c3N3B(c5cc(C(C)(C)C)ccc5-c5ccc(c1c53)S2)c1ccc2c(sc3ccccc32)c1-4. The van der Waals surface area contributed by atoms with Gasteiger partial charge in [0.15, 0.2) is 0 Å². The van der Waals surface area contributed by atoms with Crippen LogP contribution in [0.1, 0.15) is 79.0 Å². The molecule has 4 aliphatic heterocycles. The van der Waals surface area contributed by atoms with Crippen LogP contribution >= 0.6 is 23.1 Å². The number of nitrogens with zero attached hydrogens (tertiary/aromatic N) is 1. The first-order valence-electron chi connectivity index (χ1n) is 19.2. The van der Waals surface area contributed by atoms with Crippen molar-refractivity contribution in [3.8, 4) is 22.3 Å². The van der Waals surface area contributed by atoms with Gasteiger partial charge in [-0.2, -0.15) is 0 Å². The van der Waals surface area contributed by atoms with Crippen molar-refractivity contribution >= 4 is 95.5 Å². The van der Waals surface area contributed by atoms with E-state index >= 15 is 0 Å². The van der Waals surface area contributed by atoms with Crippen LogP contribution in [0.5, 0.6) is 0 Å². The van der Waals surface area contributed by atoms with Gasteiger partial charge in [-0.25, -0.2) is 0 Å². The zero-order valence-corrected chi connectivity index (χ0v) is 33.8. The van der Waals surface area contributed by atoms with Gasteiger partial charge in [0.25, 0.3) is 0 Å². The molecule has 0 unspecified atom stereocenters. The summed E-state index contributed by atoms with van der Waals surface area (Å²) in [5, 5.41) is 2.74. The average molecular weight is 720 g/mol. The molecule has 0 fully saturated rings. The molecule has 5 heterocycles. The molecule has 0 N–H and O–H groups in total. The quantitative estimate of drug-likeness (QED) is 0.144. The highest BCUT2D eigenvalue weighted by Crippen LogP contribution is 2.53. The van der Waals surface area contributed by atoms with Gasteiger partial charge in [-0.15, -0.1) is 11.3 Å². The van der Waals surface area contributed by atoms with Crippen LogP contribution in [0.15, 0.2) is 107 Å². The summed E-state index contributed by atoms with van der Waals surface area (Å²) in [5.41, 5.74) is 20.0. The molecular weight excluding hydrogens is 676 g/mol. The van der Waals surface area contributed by atoms with Crippen LogP contribution in [0, 0.1) is 0 Å². The van der Waals surface area contributed by atoms with Crippen molar-refractivity contribution in [2.24, 2.45) is 0 Å². The molecule has 0 saturated carbocycles. The maximum Gasteiger partial charge on any atom is 0.329 e. The lowest BCUT2D eigenvalue weighted by atomic mass is 9.31. The highest BCUT2D eigenvalue weighted by Gasteiger charge is 2.52. The lowest BCUT2D eigenvalue weighted by Gasteiger charge is -2.51. The predicted molar refractivity (Wildman–Crippen MR) is 235 cm³/mol. The third kappa shape index (κ3) is 4.30. The molecular formula is C48H43B2NS2. The van der Waals surface area contributed by atoms with E-state index < -0.39 is 0 Å². The molecule has 1 nitrogen and oxygen atoms in total. The Bertz CT molecular complexity index is 2790. The molecule has 0 radical (unpaired) electrons. The number of fused-ring (bicyclic) bond motifs is 13. The average Bonchev–Trinajstić information content (AvgIpc) is 3.50. The molecule has 4 aliphatic rings. The Hall–Kier alpha value is -4.18. The lowest BCUT2D eigenvalue weighted by Crippen LogP contribution is -2.69. The maximum absolute atomic E-state index is 2.82. The Morgan fingerprint density at radius 1 is 0.509 bits per heavy atom. The third-order valence-corrected chi connectivity index (χ3v) is 14.9. The molecule has 0 atom stereocenters. The standard InChI is InChI=1S/C48H43B2NS2/c1-46(2,3)26-14-16-29-31-18-21-40-42-44(31)51-43-33(41-34(50(51)35(29)23-26)19-17-32-30-12-10-11-13-38(30)53-45(32)41)22-28(48(7,8)9)25-37(43)49(42)36-24-27(47(4,5)6)15-20-39(36)52-40/h10-25H,1-9H3. The molecule has 1 aromatic heterocycles. The number of rotatable bonds is 0. The zero-order valence-electron chi connectivity index (χ0n) is 32.2. The van der Waals surface area contributed by atoms with Crippen LogP contribution in [-0.2, 0) is 16.2 Å². The molecule has 7 aromatic rings. The summed E-state index contributed by atoms with van der Waals surface area (Å²) in [7, 11) is 0. The van der Waals surface area contributed by atoms with Crippen LogP contribution < -0.4 is 32.1 Å². The first kappa shape index (κ1) is 32.3. The molecule has 0 saturated heterocycles. The van der Waals surface area contributed by atoms with E-state index in [1.807, 2.05) is 23.1 Å². The molecule has 0 aliphatic carbocycles. The van der Waals surface area contributed by atoms with Crippen molar-refractivity contribution in [2.45, 2.75) is 88.3 Å². The van der Waals surface area contributed by atoms with Crippen molar-refractivity contribution in [1.29, 1.82) is 0 Å². The monoisotopic (exact) mass is 719 g/mol. The predicted octanol–water partition coefficient (Wildman–Crippen LogP) is 10.1. The van der Waals surface area contributed by atoms with Gasteiger partial charge in [-0.05, 0) is 90.2 Å². The van der Waals surface area contributed by atoms with Gasteiger partial charge in [-0.3, -0.25) is 0 Å². The lowest BCUT2D eigenvalue weighted by molar-refractivity contribution is 0.590. The van der Waals surface area contributed by atoms with Crippen molar-refractivity contribution < 1.29 is 0 Å². The second kappa shape index (κ2) is 10.3. The molecule has 5 heteroatoms. The molecule has 6 aromatic carbocycles. The van der Waals surface area contributed by atoms with Crippen LogP contribution in [0.3, 0.4) is 0 Å². The second-order valence-electron chi connectivity index (χ2n) is 19.0. The van der Waals surface area contributed by atoms with E-state index in [-0.39, 0.29) is 29.8 Å². The summed E-state index contributed by atoms with van der Waals surface area (Å²) in [6.45, 7) is 21.5. The summed E-state index contributed by atoms with van der Waals surface area (Å²) in [6.07, 6.45) is 0. The fourth-order valence-corrected chi connectivity index (χ4v) is 12.2. The number of hydrogen-bond donors (Lipinski definition) is 0. The Labute approximate surface area is 323 Å². The smallest absolute Gasteiger partial charge is 0.329 e. The Morgan fingerprint density at radius 2 is 1.17 bits per heavy atom. The number of thiophene rings is 1. The summed E-state index contributed by atoms with van der Waals surface area (Å²) >= 11 is 3.95. The molecule has 0 amide bonds. The molecule has 53 heavy (non-hydrogen) atoms. The molecule has 0 bridgehead atoms. The largest absolute Gasteiger partial charge is 0.377 e. The van der Waals surface area contributed by atoms with Crippen LogP contribution in [-0.4, -0.2) is 13.6 Å². The van der Waals surface area contributed by atoms with Gasteiger partial charge in [0.05, 0.1) is 0 Å². The highest BCUT2D eigenvalue weighted by molar-refractivity contribution is 8.00. The normalized spacial score (nSPS) is 15.1. The van der Waals surface area contributed by atoms with Crippen LogP contribution in [0.2, 0.25) is 0 Å². The fraction of sp³-hybridized carbons (Fsp3) is 0.250. The van der Waals surface area contributed by atoms with E-state index in [4.69, 9.17) is 0 Å². The first-order chi connectivity index (χ1) is 25.2. The van der Waals surface area contributed by atoms with Gasteiger partial charge in [0.2, 0.25) is 6.71 Å². The van der Waals surface area contributed by atoms with E-state index in [0.717, 1.165) is 0 Å². The number of hydrogen-bond acceptors (Lipinski definition) is 3. The van der Waals surface area contributed by atoms with Crippen molar-refractivity contribution in [2.75, 3.05) is 4.81 Å². The van der Waals surface area contributed by atoms with Crippen molar-refractivity contribution in [3.05, 3.63) is 114 Å². The van der Waals surface area contributed by atoms with E-state index in [1.54, 1.807) is 0 Å². The van der Waals surface area contributed by atoms with Gasteiger partial charge in [0.1, 0.15) is 0 Å². The first-order valence-corrected chi connectivity index (χ1v) is 20.9. The van der Waals surface area contributed by atoms with Crippen molar-refractivity contribution in [3.63, 3.8) is 0 Å². The summed E-state index contributed by atoms with van der Waals surface area (Å²) < 4.78 is 2.79.